The third kappa shape index (κ3) is 3.76. The smallest absolute Gasteiger partial charge is 0.264 e. The van der Waals surface area contributed by atoms with Crippen LogP contribution in [-0.4, -0.2) is 34.9 Å². The maximum absolute atomic E-state index is 14.0. The van der Waals surface area contributed by atoms with E-state index in [2.05, 4.69) is 20.5 Å². The molecular formula is C26H22N8O2S. The van der Waals surface area contributed by atoms with Crippen LogP contribution in [0.15, 0.2) is 77.4 Å². The molecule has 0 aliphatic carbocycles. The van der Waals surface area contributed by atoms with Gasteiger partial charge in [0.2, 0.25) is 0 Å². The van der Waals surface area contributed by atoms with Crippen LogP contribution in [0, 0.1) is 0 Å². The fraction of sp³-hybridized carbons (Fsp3) is 0.115. The van der Waals surface area contributed by atoms with Crippen molar-refractivity contribution in [3.63, 3.8) is 0 Å². The number of thiophene rings is 1. The van der Waals surface area contributed by atoms with Gasteiger partial charge in [-0.3, -0.25) is 18.8 Å². The highest BCUT2D eigenvalue weighted by molar-refractivity contribution is 7.17. The van der Waals surface area contributed by atoms with E-state index in [9.17, 15) is 9.59 Å². The van der Waals surface area contributed by atoms with Gasteiger partial charge in [-0.2, -0.15) is 5.10 Å². The first kappa shape index (κ1) is 22.7. The van der Waals surface area contributed by atoms with Crippen LogP contribution >= 0.6 is 11.3 Å². The molecule has 0 radical (unpaired) electrons. The Hall–Kier alpha value is -4.77. The molecule has 0 spiro atoms. The van der Waals surface area contributed by atoms with Crippen LogP contribution in [0.4, 0.5) is 5.82 Å². The molecule has 6 rings (SSSR count). The number of fused-ring (bicyclic) bond motifs is 2. The summed E-state index contributed by atoms with van der Waals surface area (Å²) in [5, 5.41) is 14.0. The molecule has 0 unspecified atom stereocenters. The highest BCUT2D eigenvalue weighted by atomic mass is 32.1. The standard InChI is InChI=1S/C26H22N8O2S/c1-15(30-25(35)22-23(27)31-33-10-6-9-28-24(22)33)19-11-20-21(18(14-37-20)16-12-29-32(2)13-16)26(36)34(19)17-7-4-3-5-8-17/h3-15H,1-2H3,(H2,27,31)(H,30,35)/t15-/m0/s1. The van der Waals surface area contributed by atoms with Gasteiger partial charge in [0, 0.05) is 58.2 Å². The highest BCUT2D eigenvalue weighted by Crippen LogP contribution is 2.34. The van der Waals surface area contributed by atoms with Gasteiger partial charge in [-0.05, 0) is 31.2 Å². The quantitative estimate of drug-likeness (QED) is 0.365. The molecule has 0 bridgehead atoms. The minimum Gasteiger partial charge on any atom is -0.381 e. The van der Waals surface area contributed by atoms with Crippen molar-refractivity contribution in [3.8, 4) is 16.8 Å². The maximum atomic E-state index is 14.0. The van der Waals surface area contributed by atoms with Gasteiger partial charge in [0.05, 0.1) is 17.6 Å². The van der Waals surface area contributed by atoms with E-state index < -0.39 is 11.9 Å². The number of nitrogens with two attached hydrogens (primary N) is 1. The van der Waals surface area contributed by atoms with E-state index in [4.69, 9.17) is 5.73 Å². The molecule has 0 aliphatic rings. The summed E-state index contributed by atoms with van der Waals surface area (Å²) in [6, 6.07) is 12.5. The molecule has 0 saturated heterocycles. The molecule has 37 heavy (non-hydrogen) atoms. The molecule has 3 N–H and O–H groups in total. The van der Waals surface area contributed by atoms with Crippen molar-refractivity contribution in [2.75, 3.05) is 5.73 Å². The zero-order chi connectivity index (χ0) is 25.7. The average molecular weight is 511 g/mol. The number of hydrogen-bond donors (Lipinski definition) is 2. The Labute approximate surface area is 214 Å². The lowest BCUT2D eigenvalue weighted by molar-refractivity contribution is 0.0941. The molecule has 0 aliphatic heterocycles. The first-order valence-electron chi connectivity index (χ1n) is 11.5. The number of carbonyl (C=O) groups excluding carboxylic acids is 1. The van der Waals surface area contributed by atoms with Gasteiger partial charge in [-0.15, -0.1) is 16.4 Å². The van der Waals surface area contributed by atoms with E-state index in [1.54, 1.807) is 33.9 Å². The number of aromatic nitrogens is 6. The molecule has 10 nitrogen and oxygen atoms in total. The van der Waals surface area contributed by atoms with Crippen LogP contribution in [0.3, 0.4) is 0 Å². The number of para-hydroxylation sites is 1. The topological polar surface area (TPSA) is 125 Å². The monoisotopic (exact) mass is 510 g/mol. The number of hydrogen-bond acceptors (Lipinski definition) is 7. The second-order valence-corrected chi connectivity index (χ2v) is 9.59. The Balaban J connectivity index is 1.48. The third-order valence-electron chi connectivity index (χ3n) is 6.24. The van der Waals surface area contributed by atoms with Crippen molar-refractivity contribution >= 4 is 38.8 Å². The zero-order valence-electron chi connectivity index (χ0n) is 20.0. The Kier molecular flexibility index (Phi) is 5.34. The van der Waals surface area contributed by atoms with Crippen molar-refractivity contribution < 1.29 is 4.79 Å². The van der Waals surface area contributed by atoms with Gasteiger partial charge in [0.15, 0.2) is 11.5 Å². The molecule has 1 aromatic carbocycles. The van der Waals surface area contributed by atoms with E-state index in [1.807, 2.05) is 61.9 Å². The largest absolute Gasteiger partial charge is 0.381 e. The van der Waals surface area contributed by atoms with Crippen LogP contribution in [0.2, 0.25) is 0 Å². The molecule has 11 heteroatoms. The second kappa shape index (κ2) is 8.71. The zero-order valence-corrected chi connectivity index (χ0v) is 20.8. The lowest BCUT2D eigenvalue weighted by Crippen LogP contribution is -2.32. The Morgan fingerprint density at radius 2 is 2.00 bits per heavy atom. The summed E-state index contributed by atoms with van der Waals surface area (Å²) in [4.78, 5) is 31.6. The van der Waals surface area contributed by atoms with Gasteiger partial charge in [-0.25, -0.2) is 9.50 Å². The maximum Gasteiger partial charge on any atom is 0.264 e. The molecular weight excluding hydrogens is 488 g/mol. The molecule has 1 atom stereocenters. The van der Waals surface area contributed by atoms with E-state index in [0.29, 0.717) is 22.4 Å². The molecule has 1 amide bonds. The molecule has 5 aromatic heterocycles. The highest BCUT2D eigenvalue weighted by Gasteiger charge is 2.24. The van der Waals surface area contributed by atoms with E-state index in [-0.39, 0.29) is 16.9 Å². The summed E-state index contributed by atoms with van der Waals surface area (Å²) >= 11 is 1.48. The van der Waals surface area contributed by atoms with E-state index >= 15 is 0 Å². The Bertz CT molecular complexity index is 1850. The number of amides is 1. The van der Waals surface area contributed by atoms with Crippen LogP contribution in [-0.2, 0) is 7.05 Å². The van der Waals surface area contributed by atoms with Crippen LogP contribution in [0.25, 0.3) is 32.5 Å². The van der Waals surface area contributed by atoms with Crippen LogP contribution in [0.5, 0.6) is 0 Å². The average Bonchev–Trinajstić information content (AvgIpc) is 3.60. The lowest BCUT2D eigenvalue weighted by Gasteiger charge is -2.20. The van der Waals surface area contributed by atoms with Crippen molar-refractivity contribution in [2.45, 2.75) is 13.0 Å². The third-order valence-corrected chi connectivity index (χ3v) is 7.17. The Morgan fingerprint density at radius 1 is 1.19 bits per heavy atom. The van der Waals surface area contributed by atoms with Gasteiger partial charge < -0.3 is 11.1 Å². The number of nitrogen functional groups attached to an aromatic ring is 1. The van der Waals surface area contributed by atoms with Crippen molar-refractivity contribution in [2.24, 2.45) is 7.05 Å². The lowest BCUT2D eigenvalue weighted by atomic mass is 10.1. The number of rotatable bonds is 5. The van der Waals surface area contributed by atoms with Crippen molar-refractivity contribution in [1.82, 2.24) is 34.3 Å². The molecule has 5 heterocycles. The van der Waals surface area contributed by atoms with Crippen LogP contribution in [0.1, 0.15) is 29.0 Å². The number of aryl methyl sites for hydroxylation is 1. The van der Waals surface area contributed by atoms with E-state index in [1.165, 1.54) is 15.9 Å². The predicted molar refractivity (Wildman–Crippen MR) is 143 cm³/mol. The first-order valence-corrected chi connectivity index (χ1v) is 12.4. The molecule has 184 valence electrons. The van der Waals surface area contributed by atoms with Gasteiger partial charge in [-0.1, -0.05) is 18.2 Å². The summed E-state index contributed by atoms with van der Waals surface area (Å²) in [5.41, 5.74) is 9.48. The van der Waals surface area contributed by atoms with Crippen molar-refractivity contribution in [3.05, 3.63) is 94.2 Å². The number of anilines is 1. The fourth-order valence-electron chi connectivity index (χ4n) is 4.53. The summed E-state index contributed by atoms with van der Waals surface area (Å²) in [7, 11) is 1.84. The van der Waals surface area contributed by atoms with E-state index in [0.717, 1.165) is 15.8 Å². The normalized spacial score (nSPS) is 12.3. The second-order valence-electron chi connectivity index (χ2n) is 8.68. The predicted octanol–water partition coefficient (Wildman–Crippen LogP) is 3.57. The first-order chi connectivity index (χ1) is 17.9. The summed E-state index contributed by atoms with van der Waals surface area (Å²) in [5.74, 6) is -0.341. The van der Waals surface area contributed by atoms with Gasteiger partial charge in [0.25, 0.3) is 11.5 Å². The van der Waals surface area contributed by atoms with Gasteiger partial charge in [0.1, 0.15) is 5.56 Å². The number of nitrogens with one attached hydrogen (secondary N) is 1. The number of benzene rings is 1. The van der Waals surface area contributed by atoms with Gasteiger partial charge >= 0.3 is 0 Å². The number of nitrogens with zero attached hydrogens (tertiary/aromatic N) is 6. The number of pyridine rings is 1. The summed E-state index contributed by atoms with van der Waals surface area (Å²) in [6.07, 6.45) is 6.89. The molecule has 0 saturated carbocycles. The minimum absolute atomic E-state index is 0.0821. The number of carbonyl (C=O) groups is 1. The molecule has 0 fully saturated rings. The van der Waals surface area contributed by atoms with Crippen molar-refractivity contribution in [1.29, 1.82) is 0 Å². The fourth-order valence-corrected chi connectivity index (χ4v) is 5.53. The SMILES string of the molecule is C[C@H](NC(=O)c1c(N)nn2cccnc12)c1cc2scc(-c3cnn(C)c3)c2c(=O)n1-c1ccccc1. The summed E-state index contributed by atoms with van der Waals surface area (Å²) in [6.45, 7) is 1.84. The molecule has 6 aromatic rings. The van der Waals surface area contributed by atoms with Crippen LogP contribution < -0.4 is 16.6 Å². The Morgan fingerprint density at radius 3 is 2.76 bits per heavy atom. The minimum atomic E-state index is -0.535. The summed E-state index contributed by atoms with van der Waals surface area (Å²) < 4.78 is 5.65.